The zero-order valence-corrected chi connectivity index (χ0v) is 9.11. The summed E-state index contributed by atoms with van der Waals surface area (Å²) in [7, 11) is 0. The van der Waals surface area contributed by atoms with Crippen LogP contribution in [0.2, 0.25) is 4.82 Å². The molecule has 0 saturated heterocycles. The van der Waals surface area contributed by atoms with E-state index in [9.17, 15) is 4.79 Å². The van der Waals surface area contributed by atoms with Crippen LogP contribution in [0.3, 0.4) is 0 Å². The average molecular weight is 239 g/mol. The zero-order valence-electron chi connectivity index (χ0n) is 7.40. The van der Waals surface area contributed by atoms with Crippen molar-refractivity contribution in [3.8, 4) is 0 Å². The molecule has 13 heavy (non-hydrogen) atoms. The van der Waals surface area contributed by atoms with Crippen molar-refractivity contribution >= 4 is 25.2 Å². The van der Waals surface area contributed by atoms with Crippen molar-refractivity contribution in [2.75, 3.05) is 0 Å². The Bertz CT molecular complexity index is 294. The Hall–Kier alpha value is -0.591. The fourth-order valence-electron chi connectivity index (χ4n) is 1.57. The van der Waals surface area contributed by atoms with Gasteiger partial charge in [-0.05, 0) is 0 Å². The first-order valence-corrected chi connectivity index (χ1v) is 6.42. The molecule has 2 heteroatoms. The zero-order chi connectivity index (χ0) is 9.10. The molecule has 68 valence electrons. The van der Waals surface area contributed by atoms with Gasteiger partial charge in [-0.3, -0.25) is 0 Å². The third-order valence-corrected chi connectivity index (χ3v) is 4.93. The molecule has 1 aromatic rings. The second-order valence-electron chi connectivity index (χ2n) is 3.33. The SMILES string of the molecule is O=C1CCC([Se]c2ccccc2)C1. The summed E-state index contributed by atoms with van der Waals surface area (Å²) in [5.74, 6) is 0.461. The summed E-state index contributed by atoms with van der Waals surface area (Å²) in [5, 5.41) is 0. The monoisotopic (exact) mass is 240 g/mol. The fourth-order valence-corrected chi connectivity index (χ4v) is 4.10. The van der Waals surface area contributed by atoms with Gasteiger partial charge in [0, 0.05) is 0 Å². The Morgan fingerprint density at radius 3 is 2.62 bits per heavy atom. The van der Waals surface area contributed by atoms with Gasteiger partial charge < -0.3 is 0 Å². The molecule has 1 aliphatic carbocycles. The summed E-state index contributed by atoms with van der Waals surface area (Å²) in [6.45, 7) is 0. The molecule has 0 spiro atoms. The Labute approximate surface area is 84.7 Å². The van der Waals surface area contributed by atoms with E-state index >= 15 is 0 Å². The first kappa shape index (κ1) is 8.98. The number of benzene rings is 1. The number of ketones is 1. The molecule has 1 fully saturated rings. The summed E-state index contributed by atoms with van der Waals surface area (Å²) < 4.78 is 1.43. The second kappa shape index (κ2) is 4.08. The number of Topliss-reactive ketones (excluding diaryl/α,β-unsaturated/α-hetero) is 1. The van der Waals surface area contributed by atoms with Gasteiger partial charge in [0.25, 0.3) is 0 Å². The standard InChI is InChI=1S/C11H12OSe/c12-9-6-7-11(8-9)13-10-4-2-1-3-5-10/h1-5,11H,6-8H2. The Morgan fingerprint density at radius 1 is 1.23 bits per heavy atom. The van der Waals surface area contributed by atoms with E-state index in [0.717, 1.165) is 19.3 Å². The van der Waals surface area contributed by atoms with Gasteiger partial charge in [-0.1, -0.05) is 0 Å². The van der Waals surface area contributed by atoms with Gasteiger partial charge in [0.05, 0.1) is 0 Å². The van der Waals surface area contributed by atoms with Crippen LogP contribution in [0.25, 0.3) is 0 Å². The molecule has 1 aromatic carbocycles. The third-order valence-electron chi connectivity index (χ3n) is 2.25. The number of carbonyl (C=O) groups excluding carboxylic acids is 1. The molecule has 1 aliphatic rings. The maximum atomic E-state index is 11.1. The van der Waals surface area contributed by atoms with E-state index in [-0.39, 0.29) is 0 Å². The van der Waals surface area contributed by atoms with Gasteiger partial charge in [-0.15, -0.1) is 0 Å². The summed E-state index contributed by atoms with van der Waals surface area (Å²) in [4.78, 5) is 11.7. The normalized spacial score (nSPS) is 22.2. The molecule has 0 heterocycles. The van der Waals surface area contributed by atoms with Gasteiger partial charge in [0.2, 0.25) is 0 Å². The van der Waals surface area contributed by atoms with Crippen molar-refractivity contribution in [1.29, 1.82) is 0 Å². The molecule has 1 unspecified atom stereocenters. The van der Waals surface area contributed by atoms with Gasteiger partial charge in [-0.2, -0.15) is 0 Å². The van der Waals surface area contributed by atoms with Gasteiger partial charge >= 0.3 is 84.4 Å². The van der Waals surface area contributed by atoms with Crippen molar-refractivity contribution in [3.05, 3.63) is 30.3 Å². The van der Waals surface area contributed by atoms with E-state index < -0.39 is 0 Å². The molecule has 1 atom stereocenters. The fraction of sp³-hybridized carbons (Fsp3) is 0.364. The molecule has 0 amide bonds. The van der Waals surface area contributed by atoms with Crippen LogP contribution in [0.5, 0.6) is 0 Å². The van der Waals surface area contributed by atoms with E-state index in [0.29, 0.717) is 25.6 Å². The molecule has 0 aliphatic heterocycles. The summed E-state index contributed by atoms with van der Waals surface area (Å²) in [5.41, 5.74) is 0. The average Bonchev–Trinajstić information content (AvgIpc) is 2.53. The van der Waals surface area contributed by atoms with Crippen LogP contribution in [0.4, 0.5) is 0 Å². The maximum absolute atomic E-state index is 11.1. The molecule has 1 nitrogen and oxygen atoms in total. The minimum absolute atomic E-state index is 0.461. The van der Waals surface area contributed by atoms with E-state index in [2.05, 4.69) is 24.3 Å². The summed E-state index contributed by atoms with van der Waals surface area (Å²) in [6, 6.07) is 10.5. The van der Waals surface area contributed by atoms with Crippen molar-refractivity contribution in [2.24, 2.45) is 0 Å². The Balaban J connectivity index is 1.96. The van der Waals surface area contributed by atoms with Crippen LogP contribution in [0.15, 0.2) is 30.3 Å². The van der Waals surface area contributed by atoms with E-state index in [1.807, 2.05) is 6.07 Å². The molecule has 0 radical (unpaired) electrons. The van der Waals surface area contributed by atoms with Gasteiger partial charge in [-0.25, -0.2) is 0 Å². The molecular formula is C11H12OSe. The van der Waals surface area contributed by atoms with E-state index in [1.165, 1.54) is 4.46 Å². The predicted octanol–water partition coefficient (Wildman–Crippen LogP) is 1.56. The van der Waals surface area contributed by atoms with Crippen molar-refractivity contribution in [1.82, 2.24) is 0 Å². The first-order valence-electron chi connectivity index (χ1n) is 4.58. The molecule has 0 bridgehead atoms. The van der Waals surface area contributed by atoms with Crippen molar-refractivity contribution < 1.29 is 4.79 Å². The van der Waals surface area contributed by atoms with Crippen molar-refractivity contribution in [3.63, 3.8) is 0 Å². The molecule has 2 rings (SSSR count). The van der Waals surface area contributed by atoms with Gasteiger partial charge in [0.1, 0.15) is 0 Å². The Morgan fingerprint density at radius 2 is 2.00 bits per heavy atom. The number of hydrogen-bond acceptors (Lipinski definition) is 1. The molecule has 1 saturated carbocycles. The number of rotatable bonds is 2. The molecule has 0 N–H and O–H groups in total. The van der Waals surface area contributed by atoms with Gasteiger partial charge in [0.15, 0.2) is 0 Å². The quantitative estimate of drug-likeness (QED) is 0.716. The van der Waals surface area contributed by atoms with Crippen LogP contribution in [-0.2, 0) is 4.79 Å². The van der Waals surface area contributed by atoms with E-state index in [4.69, 9.17) is 0 Å². The molecular weight excluding hydrogens is 227 g/mol. The van der Waals surface area contributed by atoms with Crippen LogP contribution < -0.4 is 4.46 Å². The summed E-state index contributed by atoms with van der Waals surface area (Å²) >= 11 is 0.507. The van der Waals surface area contributed by atoms with E-state index in [1.54, 1.807) is 0 Å². The van der Waals surface area contributed by atoms with Crippen LogP contribution in [0.1, 0.15) is 19.3 Å². The summed E-state index contributed by atoms with van der Waals surface area (Å²) in [6.07, 6.45) is 2.77. The molecule has 0 aromatic heterocycles. The predicted molar refractivity (Wildman–Crippen MR) is 54.4 cm³/mol. The number of carbonyl (C=O) groups is 1. The first-order chi connectivity index (χ1) is 6.34. The third kappa shape index (κ3) is 2.43. The Kier molecular flexibility index (Phi) is 2.82. The van der Waals surface area contributed by atoms with Crippen LogP contribution in [-0.4, -0.2) is 20.7 Å². The van der Waals surface area contributed by atoms with Crippen LogP contribution in [0, 0.1) is 0 Å². The minimum atomic E-state index is 0.461. The number of hydrogen-bond donors (Lipinski definition) is 0. The van der Waals surface area contributed by atoms with Crippen molar-refractivity contribution in [2.45, 2.75) is 24.1 Å². The van der Waals surface area contributed by atoms with Crippen LogP contribution >= 0.6 is 0 Å². The second-order valence-corrected chi connectivity index (χ2v) is 6.22. The topological polar surface area (TPSA) is 17.1 Å².